The van der Waals surface area contributed by atoms with Gasteiger partial charge < -0.3 is 10.5 Å². The van der Waals surface area contributed by atoms with Gasteiger partial charge in [0.05, 0.1) is 10.1 Å². The van der Waals surface area contributed by atoms with Crippen LogP contribution in [0.5, 0.6) is 5.75 Å². The van der Waals surface area contributed by atoms with Crippen LogP contribution >= 0.6 is 12.4 Å². The largest absolute Gasteiger partial charge is 0.487 e. The number of rotatable bonds is 7. The lowest BCUT2D eigenvalue weighted by Gasteiger charge is -2.11. The Hall–Kier alpha value is -1.11. The molecule has 21 heavy (non-hydrogen) atoms. The van der Waals surface area contributed by atoms with E-state index in [4.69, 9.17) is 10.5 Å². The lowest BCUT2D eigenvalue weighted by molar-refractivity contribution is 0.318. The minimum absolute atomic E-state index is 0. The molecule has 1 aromatic carbocycles. The highest BCUT2D eigenvalue weighted by Gasteiger charge is 2.21. The quantitative estimate of drug-likeness (QED) is 0.830. The molecule has 0 bridgehead atoms. The molecule has 7 heteroatoms. The summed E-state index contributed by atoms with van der Waals surface area (Å²) in [6, 6.07) is 5.98. The lowest BCUT2D eigenvalue weighted by Crippen LogP contribution is -2.16. The van der Waals surface area contributed by atoms with Crippen molar-refractivity contribution in [2.75, 3.05) is 13.2 Å². The van der Waals surface area contributed by atoms with E-state index in [0.29, 0.717) is 12.2 Å². The Balaban J connectivity index is 0.00000400. The second-order valence-electron chi connectivity index (χ2n) is 4.41. The maximum absolute atomic E-state index is 13.1. The molecular formula is C14H21ClFNO3S. The number of ether oxygens (including phenoxy) is 1. The minimum atomic E-state index is -3.30. The van der Waals surface area contributed by atoms with Gasteiger partial charge in [-0.25, -0.2) is 12.8 Å². The molecule has 1 atom stereocenters. The molecule has 1 rings (SSSR count). The van der Waals surface area contributed by atoms with Gasteiger partial charge in [0.15, 0.2) is 9.84 Å². The molecule has 0 amide bonds. The summed E-state index contributed by atoms with van der Waals surface area (Å²) in [6.07, 6.45) is 1.78. The first kappa shape index (κ1) is 19.9. The van der Waals surface area contributed by atoms with Gasteiger partial charge in [0.1, 0.15) is 18.2 Å². The molecule has 0 saturated heterocycles. The van der Waals surface area contributed by atoms with Crippen LogP contribution in [-0.4, -0.2) is 26.8 Å². The molecule has 0 saturated carbocycles. The Bertz CT molecular complexity index is 558. The molecule has 0 radical (unpaired) electrons. The minimum Gasteiger partial charge on any atom is -0.487 e. The van der Waals surface area contributed by atoms with E-state index >= 15 is 0 Å². The van der Waals surface area contributed by atoms with Crippen molar-refractivity contribution in [3.8, 4) is 5.75 Å². The monoisotopic (exact) mass is 337 g/mol. The van der Waals surface area contributed by atoms with E-state index in [2.05, 4.69) is 0 Å². The van der Waals surface area contributed by atoms with Gasteiger partial charge in [0, 0.05) is 6.54 Å². The summed E-state index contributed by atoms with van der Waals surface area (Å²) < 4.78 is 42.5. The molecule has 1 aromatic rings. The number of hydrogen-bond donors (Lipinski definition) is 1. The normalized spacial score (nSPS) is 13.4. The van der Waals surface area contributed by atoms with Crippen molar-refractivity contribution < 1.29 is 17.5 Å². The Morgan fingerprint density at radius 3 is 2.43 bits per heavy atom. The van der Waals surface area contributed by atoms with Gasteiger partial charge in [-0.1, -0.05) is 6.92 Å². The van der Waals surface area contributed by atoms with E-state index < -0.39 is 20.9 Å². The zero-order valence-electron chi connectivity index (χ0n) is 12.1. The summed E-state index contributed by atoms with van der Waals surface area (Å²) in [4.78, 5) is 0.247. The van der Waals surface area contributed by atoms with Crippen LogP contribution in [0, 0.1) is 0 Å². The fourth-order valence-electron chi connectivity index (χ4n) is 1.52. The number of benzene rings is 1. The van der Waals surface area contributed by atoms with Crippen molar-refractivity contribution in [1.29, 1.82) is 0 Å². The summed E-state index contributed by atoms with van der Waals surface area (Å²) in [5.41, 5.74) is 5.17. The molecule has 0 aliphatic rings. The van der Waals surface area contributed by atoms with Crippen LogP contribution in [-0.2, 0) is 9.84 Å². The maximum atomic E-state index is 13.1. The number of hydrogen-bond acceptors (Lipinski definition) is 4. The standard InChI is InChI=1S/C14H20FNO3S.ClH/c1-3-11(2)20(17,18)14-6-4-13(5-7-14)19-10-12(15)8-9-16;/h4-8,11H,3,9-10,16H2,1-2H3;1H/b12-8+;. The topological polar surface area (TPSA) is 69.4 Å². The van der Waals surface area contributed by atoms with Crippen LogP contribution in [0.1, 0.15) is 20.3 Å². The smallest absolute Gasteiger partial charge is 0.180 e. The summed E-state index contributed by atoms with van der Waals surface area (Å²) in [5, 5.41) is -0.431. The molecule has 0 aliphatic carbocycles. The summed E-state index contributed by atoms with van der Waals surface area (Å²) in [5.74, 6) is -0.0440. The second-order valence-corrected chi connectivity index (χ2v) is 6.78. The second kappa shape index (κ2) is 9.02. The van der Waals surface area contributed by atoms with Crippen molar-refractivity contribution >= 4 is 22.2 Å². The molecular weight excluding hydrogens is 317 g/mol. The van der Waals surface area contributed by atoms with Crippen molar-refractivity contribution in [3.05, 3.63) is 36.2 Å². The Labute approximate surface area is 131 Å². The van der Waals surface area contributed by atoms with E-state index in [0.717, 1.165) is 0 Å². The molecule has 4 nitrogen and oxygen atoms in total. The van der Waals surface area contributed by atoms with Crippen LogP contribution in [0.15, 0.2) is 41.1 Å². The highest BCUT2D eigenvalue weighted by atomic mass is 35.5. The van der Waals surface area contributed by atoms with Crippen molar-refractivity contribution in [2.45, 2.75) is 30.4 Å². The third-order valence-corrected chi connectivity index (χ3v) is 5.29. The van der Waals surface area contributed by atoms with Crippen LogP contribution in [0.4, 0.5) is 4.39 Å². The third-order valence-electron chi connectivity index (χ3n) is 2.97. The molecule has 120 valence electrons. The van der Waals surface area contributed by atoms with Gasteiger partial charge in [-0.15, -0.1) is 12.4 Å². The molecule has 0 spiro atoms. The zero-order valence-corrected chi connectivity index (χ0v) is 13.7. The fraction of sp³-hybridized carbons (Fsp3) is 0.429. The van der Waals surface area contributed by atoms with Gasteiger partial charge in [-0.05, 0) is 43.7 Å². The van der Waals surface area contributed by atoms with Crippen LogP contribution in [0.2, 0.25) is 0 Å². The van der Waals surface area contributed by atoms with E-state index in [1.165, 1.54) is 30.3 Å². The number of sulfone groups is 1. The van der Waals surface area contributed by atoms with Crippen LogP contribution in [0.25, 0.3) is 0 Å². The van der Waals surface area contributed by atoms with Crippen molar-refractivity contribution in [3.63, 3.8) is 0 Å². The number of nitrogens with two attached hydrogens (primary N) is 1. The summed E-state index contributed by atoms with van der Waals surface area (Å²) in [7, 11) is -3.30. The Morgan fingerprint density at radius 2 is 1.95 bits per heavy atom. The maximum Gasteiger partial charge on any atom is 0.180 e. The number of halogens is 2. The van der Waals surface area contributed by atoms with Gasteiger partial charge in [-0.3, -0.25) is 0 Å². The first-order valence-corrected chi connectivity index (χ1v) is 7.97. The van der Waals surface area contributed by atoms with Crippen LogP contribution < -0.4 is 10.5 Å². The average molecular weight is 338 g/mol. The Morgan fingerprint density at radius 1 is 1.38 bits per heavy atom. The molecule has 0 aromatic heterocycles. The first-order chi connectivity index (χ1) is 9.41. The van der Waals surface area contributed by atoms with Gasteiger partial charge in [0.2, 0.25) is 0 Å². The predicted molar refractivity (Wildman–Crippen MR) is 84.4 cm³/mol. The zero-order chi connectivity index (χ0) is 15.2. The van der Waals surface area contributed by atoms with Gasteiger partial charge in [-0.2, -0.15) is 0 Å². The van der Waals surface area contributed by atoms with Crippen molar-refractivity contribution in [1.82, 2.24) is 0 Å². The van der Waals surface area contributed by atoms with Crippen molar-refractivity contribution in [2.24, 2.45) is 5.73 Å². The first-order valence-electron chi connectivity index (χ1n) is 6.43. The fourth-order valence-corrected chi connectivity index (χ4v) is 2.94. The Kier molecular flexibility index (Phi) is 8.54. The highest BCUT2D eigenvalue weighted by Crippen LogP contribution is 2.21. The highest BCUT2D eigenvalue weighted by molar-refractivity contribution is 7.92. The molecule has 0 fully saturated rings. The van der Waals surface area contributed by atoms with Gasteiger partial charge in [0.25, 0.3) is 0 Å². The summed E-state index contributed by atoms with van der Waals surface area (Å²) in [6.45, 7) is 3.40. The van der Waals surface area contributed by atoms with E-state index in [1.54, 1.807) is 6.92 Å². The lowest BCUT2D eigenvalue weighted by atomic mass is 10.3. The molecule has 0 aliphatic heterocycles. The molecule has 0 heterocycles. The SMILES string of the molecule is CCC(C)S(=O)(=O)c1ccc(OC/C(F)=C\CN)cc1.Cl. The third kappa shape index (κ3) is 5.65. The summed E-state index contributed by atoms with van der Waals surface area (Å²) >= 11 is 0. The van der Waals surface area contributed by atoms with E-state index in [1.807, 2.05) is 6.92 Å². The van der Waals surface area contributed by atoms with E-state index in [-0.39, 0.29) is 30.5 Å². The predicted octanol–water partition coefficient (Wildman–Crippen LogP) is 2.87. The van der Waals surface area contributed by atoms with Gasteiger partial charge >= 0.3 is 0 Å². The average Bonchev–Trinajstić information content (AvgIpc) is 2.45. The van der Waals surface area contributed by atoms with E-state index in [9.17, 15) is 12.8 Å². The van der Waals surface area contributed by atoms with Crippen LogP contribution in [0.3, 0.4) is 0 Å². The molecule has 2 N–H and O–H groups in total. The molecule has 1 unspecified atom stereocenters.